The van der Waals surface area contributed by atoms with Crippen LogP contribution in [0.1, 0.15) is 11.4 Å². The normalized spacial score (nSPS) is 9.94. The SMILES string of the molecule is Cn1ccnc1CNc1ccc(C#N)cc1F. The van der Waals surface area contributed by atoms with E-state index in [1.54, 1.807) is 18.3 Å². The predicted octanol–water partition coefficient (Wildman–Crippen LogP) is 2.04. The van der Waals surface area contributed by atoms with Crippen molar-refractivity contribution in [2.45, 2.75) is 6.54 Å². The lowest BCUT2D eigenvalue weighted by Gasteiger charge is -2.07. The number of hydrogen-bond acceptors (Lipinski definition) is 3. The summed E-state index contributed by atoms with van der Waals surface area (Å²) in [5.41, 5.74) is 0.678. The molecule has 0 saturated heterocycles. The molecule has 2 rings (SSSR count). The zero-order chi connectivity index (χ0) is 12.3. The third-order valence-electron chi connectivity index (χ3n) is 2.46. The van der Waals surface area contributed by atoms with Crippen molar-refractivity contribution in [2.24, 2.45) is 7.05 Å². The zero-order valence-corrected chi connectivity index (χ0v) is 9.31. The van der Waals surface area contributed by atoms with E-state index in [1.807, 2.05) is 23.9 Å². The van der Waals surface area contributed by atoms with Crippen LogP contribution in [0.3, 0.4) is 0 Å². The molecule has 0 radical (unpaired) electrons. The Morgan fingerprint density at radius 2 is 2.35 bits per heavy atom. The van der Waals surface area contributed by atoms with Crippen LogP contribution in [0.25, 0.3) is 0 Å². The van der Waals surface area contributed by atoms with Crippen molar-refractivity contribution in [3.05, 3.63) is 47.8 Å². The Morgan fingerprint density at radius 1 is 1.53 bits per heavy atom. The number of nitrogens with zero attached hydrogens (tertiary/aromatic N) is 3. The van der Waals surface area contributed by atoms with Crippen molar-refractivity contribution < 1.29 is 4.39 Å². The van der Waals surface area contributed by atoms with Crippen LogP contribution in [0.15, 0.2) is 30.6 Å². The summed E-state index contributed by atoms with van der Waals surface area (Å²) < 4.78 is 15.4. The fraction of sp³-hybridized carbons (Fsp3) is 0.167. The average Bonchev–Trinajstić information content (AvgIpc) is 2.73. The van der Waals surface area contributed by atoms with Gasteiger partial charge in [0.15, 0.2) is 0 Å². The van der Waals surface area contributed by atoms with Gasteiger partial charge in [-0.2, -0.15) is 5.26 Å². The van der Waals surface area contributed by atoms with Gasteiger partial charge < -0.3 is 9.88 Å². The summed E-state index contributed by atoms with van der Waals surface area (Å²) in [5, 5.41) is 11.6. The molecule has 4 nitrogen and oxygen atoms in total. The first-order chi connectivity index (χ1) is 8.20. The number of aromatic nitrogens is 2. The van der Waals surface area contributed by atoms with Gasteiger partial charge in [0.2, 0.25) is 0 Å². The van der Waals surface area contributed by atoms with Gasteiger partial charge in [-0.15, -0.1) is 0 Å². The lowest BCUT2D eigenvalue weighted by atomic mass is 10.2. The van der Waals surface area contributed by atoms with Gasteiger partial charge >= 0.3 is 0 Å². The average molecular weight is 230 g/mol. The van der Waals surface area contributed by atoms with Crippen LogP contribution in [0.4, 0.5) is 10.1 Å². The number of halogens is 1. The highest BCUT2D eigenvalue weighted by molar-refractivity contribution is 5.48. The Morgan fingerprint density at radius 3 is 2.94 bits per heavy atom. The summed E-state index contributed by atoms with van der Waals surface area (Å²) in [7, 11) is 1.87. The highest BCUT2D eigenvalue weighted by Gasteiger charge is 2.04. The van der Waals surface area contributed by atoms with Crippen molar-refractivity contribution in [3.8, 4) is 6.07 Å². The largest absolute Gasteiger partial charge is 0.375 e. The monoisotopic (exact) mass is 230 g/mol. The van der Waals surface area contributed by atoms with Crippen molar-refractivity contribution in [3.63, 3.8) is 0 Å². The second-order valence-corrected chi connectivity index (χ2v) is 3.61. The molecule has 17 heavy (non-hydrogen) atoms. The molecular weight excluding hydrogens is 219 g/mol. The van der Waals surface area contributed by atoms with Gasteiger partial charge in [-0.3, -0.25) is 0 Å². The summed E-state index contributed by atoms with van der Waals surface area (Å²) in [6.45, 7) is 0.437. The smallest absolute Gasteiger partial charge is 0.147 e. The van der Waals surface area contributed by atoms with Crippen LogP contribution in [0, 0.1) is 17.1 Å². The second-order valence-electron chi connectivity index (χ2n) is 3.61. The molecule has 0 saturated carbocycles. The predicted molar refractivity (Wildman–Crippen MR) is 61.6 cm³/mol. The standard InChI is InChI=1S/C12H11FN4/c1-17-5-4-15-12(17)8-16-11-3-2-9(7-14)6-10(11)13/h2-6,16H,8H2,1H3. The number of nitrogens with one attached hydrogen (secondary N) is 1. The summed E-state index contributed by atoms with van der Waals surface area (Å²) in [6, 6.07) is 6.22. The number of nitriles is 1. The van der Waals surface area contributed by atoms with E-state index in [2.05, 4.69) is 10.3 Å². The minimum absolute atomic E-state index is 0.310. The Bertz CT molecular complexity index is 568. The molecule has 0 spiro atoms. The third kappa shape index (κ3) is 2.42. The van der Waals surface area contributed by atoms with Gasteiger partial charge in [0.1, 0.15) is 11.6 Å². The van der Waals surface area contributed by atoms with E-state index < -0.39 is 5.82 Å². The van der Waals surface area contributed by atoms with Crippen LogP contribution in [-0.4, -0.2) is 9.55 Å². The van der Waals surface area contributed by atoms with Crippen molar-refractivity contribution in [2.75, 3.05) is 5.32 Å². The van der Waals surface area contributed by atoms with Crippen molar-refractivity contribution >= 4 is 5.69 Å². The Balaban J connectivity index is 2.10. The molecule has 0 atom stereocenters. The molecule has 1 heterocycles. The van der Waals surface area contributed by atoms with Crippen molar-refractivity contribution in [1.29, 1.82) is 5.26 Å². The second kappa shape index (κ2) is 4.66. The maximum Gasteiger partial charge on any atom is 0.147 e. The van der Waals surface area contributed by atoms with Crippen LogP contribution in [0.2, 0.25) is 0 Å². The van der Waals surface area contributed by atoms with E-state index in [0.29, 0.717) is 17.8 Å². The van der Waals surface area contributed by atoms with E-state index in [-0.39, 0.29) is 0 Å². The first kappa shape index (κ1) is 11.1. The van der Waals surface area contributed by atoms with Gasteiger partial charge in [-0.1, -0.05) is 0 Å². The van der Waals surface area contributed by atoms with E-state index >= 15 is 0 Å². The number of rotatable bonds is 3. The molecule has 0 unspecified atom stereocenters. The summed E-state index contributed by atoms with van der Waals surface area (Å²) in [4.78, 5) is 4.12. The molecule has 1 aromatic heterocycles. The first-order valence-electron chi connectivity index (χ1n) is 5.10. The van der Waals surface area contributed by atoms with Crippen LogP contribution in [0.5, 0.6) is 0 Å². The number of imidazole rings is 1. The maximum atomic E-state index is 13.5. The Labute approximate surface area is 98.3 Å². The topological polar surface area (TPSA) is 53.6 Å². The van der Waals surface area contributed by atoms with Gasteiger partial charge in [0, 0.05) is 19.4 Å². The molecule has 86 valence electrons. The number of benzene rings is 1. The Hall–Kier alpha value is -2.35. The van der Waals surface area contributed by atoms with Gasteiger partial charge in [0.05, 0.1) is 23.9 Å². The molecule has 5 heteroatoms. The summed E-state index contributed by atoms with van der Waals surface area (Å²) in [5.74, 6) is 0.381. The lowest BCUT2D eigenvalue weighted by molar-refractivity contribution is 0.629. The molecular formula is C12H11FN4. The molecule has 0 aliphatic rings. The van der Waals surface area contributed by atoms with Crippen LogP contribution >= 0.6 is 0 Å². The lowest BCUT2D eigenvalue weighted by Crippen LogP contribution is -2.06. The van der Waals surface area contributed by atoms with E-state index in [4.69, 9.17) is 5.26 Å². The molecule has 0 bridgehead atoms. The quantitative estimate of drug-likeness (QED) is 0.877. The number of hydrogen-bond donors (Lipinski definition) is 1. The van der Waals surface area contributed by atoms with E-state index in [0.717, 1.165) is 5.82 Å². The van der Waals surface area contributed by atoms with E-state index in [1.165, 1.54) is 6.07 Å². The van der Waals surface area contributed by atoms with Gasteiger partial charge in [-0.05, 0) is 18.2 Å². The summed E-state index contributed by atoms with van der Waals surface area (Å²) in [6.07, 6.45) is 3.51. The minimum Gasteiger partial charge on any atom is -0.375 e. The summed E-state index contributed by atoms with van der Waals surface area (Å²) >= 11 is 0. The fourth-order valence-corrected chi connectivity index (χ4v) is 1.47. The molecule has 0 aliphatic carbocycles. The fourth-order valence-electron chi connectivity index (χ4n) is 1.47. The molecule has 0 fully saturated rings. The molecule has 1 N–H and O–H groups in total. The van der Waals surface area contributed by atoms with Crippen LogP contribution < -0.4 is 5.32 Å². The van der Waals surface area contributed by atoms with Gasteiger partial charge in [0.25, 0.3) is 0 Å². The maximum absolute atomic E-state index is 13.5. The van der Waals surface area contributed by atoms with Crippen LogP contribution in [-0.2, 0) is 13.6 Å². The molecule has 0 aliphatic heterocycles. The number of aryl methyl sites for hydroxylation is 1. The molecule has 0 amide bonds. The van der Waals surface area contributed by atoms with Crippen molar-refractivity contribution in [1.82, 2.24) is 9.55 Å². The highest BCUT2D eigenvalue weighted by atomic mass is 19.1. The minimum atomic E-state index is -0.432. The highest BCUT2D eigenvalue weighted by Crippen LogP contribution is 2.15. The zero-order valence-electron chi connectivity index (χ0n) is 9.31. The number of anilines is 1. The van der Waals surface area contributed by atoms with Gasteiger partial charge in [-0.25, -0.2) is 9.37 Å². The first-order valence-corrected chi connectivity index (χ1v) is 5.10. The third-order valence-corrected chi connectivity index (χ3v) is 2.46. The Kier molecular flexibility index (Phi) is 3.06. The molecule has 1 aromatic carbocycles. The molecule has 2 aromatic rings. The van der Waals surface area contributed by atoms with E-state index in [9.17, 15) is 4.39 Å².